The van der Waals surface area contributed by atoms with Gasteiger partial charge in [0.2, 0.25) is 0 Å². The molecule has 0 aromatic carbocycles. The molecule has 9 nitrogen and oxygen atoms in total. The van der Waals surface area contributed by atoms with Gasteiger partial charge in [0.1, 0.15) is 12.4 Å². The maximum Gasteiger partial charge on any atom is 0.191 e. The summed E-state index contributed by atoms with van der Waals surface area (Å²) < 4.78 is 8.85. The maximum absolute atomic E-state index is 5.10. The first kappa shape index (κ1) is 16.4. The number of methoxy groups -OCH3 is 1. The van der Waals surface area contributed by atoms with Gasteiger partial charge < -0.3 is 15.4 Å². The average molecular weight is 332 g/mol. The number of ether oxygens (including phenoxy) is 1. The Kier molecular flexibility index (Phi) is 5.09. The lowest BCUT2D eigenvalue weighted by Crippen LogP contribution is -2.46. The molecule has 24 heavy (non-hydrogen) atoms. The zero-order valence-electron chi connectivity index (χ0n) is 14.4. The summed E-state index contributed by atoms with van der Waals surface area (Å²) >= 11 is 0. The van der Waals surface area contributed by atoms with E-state index in [0.717, 1.165) is 42.6 Å². The third-order valence-electron chi connectivity index (χ3n) is 3.96. The van der Waals surface area contributed by atoms with Crippen LogP contribution in [0.25, 0.3) is 0 Å². The molecule has 9 heteroatoms. The van der Waals surface area contributed by atoms with Crippen LogP contribution in [0.1, 0.15) is 23.6 Å². The van der Waals surface area contributed by atoms with E-state index >= 15 is 0 Å². The molecule has 1 aliphatic rings. The molecule has 0 bridgehead atoms. The van der Waals surface area contributed by atoms with Crippen LogP contribution in [0.4, 0.5) is 0 Å². The van der Waals surface area contributed by atoms with Gasteiger partial charge in [-0.25, -0.2) is 9.67 Å². The summed E-state index contributed by atoms with van der Waals surface area (Å²) in [4.78, 5) is 8.79. The van der Waals surface area contributed by atoms with Crippen molar-refractivity contribution < 1.29 is 4.74 Å². The van der Waals surface area contributed by atoms with Gasteiger partial charge in [-0.1, -0.05) is 0 Å². The van der Waals surface area contributed by atoms with Gasteiger partial charge in [-0.2, -0.15) is 10.2 Å². The predicted molar refractivity (Wildman–Crippen MR) is 89.4 cm³/mol. The summed E-state index contributed by atoms with van der Waals surface area (Å²) in [7, 11) is 5.34. The predicted octanol–water partition coefficient (Wildman–Crippen LogP) is -0.162. The SMILES string of the molecule is CN=C(NCc1cnn(C)c1)NC1CCc2nc(COC)nn2C1. The molecule has 0 amide bonds. The number of hydrogen-bond donors (Lipinski definition) is 2. The van der Waals surface area contributed by atoms with E-state index in [9.17, 15) is 0 Å². The molecule has 2 N–H and O–H groups in total. The van der Waals surface area contributed by atoms with Crippen LogP contribution in [-0.4, -0.2) is 50.7 Å². The molecular weight excluding hydrogens is 308 g/mol. The number of aromatic nitrogens is 5. The average Bonchev–Trinajstić information content (AvgIpc) is 3.16. The van der Waals surface area contributed by atoms with Crippen LogP contribution in [-0.2, 0) is 37.9 Å². The molecular formula is C15H24N8O. The molecule has 0 fully saturated rings. The standard InChI is InChI=1S/C15H24N8O/c1-16-15(17-6-11-7-18-22(2)8-11)19-12-4-5-14-20-13(10-24-3)21-23(14)9-12/h7-8,12H,4-6,9-10H2,1-3H3,(H2,16,17,19). The minimum absolute atomic E-state index is 0.273. The van der Waals surface area contributed by atoms with Crippen LogP contribution in [0, 0.1) is 0 Å². The molecule has 0 spiro atoms. The van der Waals surface area contributed by atoms with Gasteiger partial charge in [0.05, 0.1) is 12.7 Å². The molecule has 0 saturated carbocycles. The van der Waals surface area contributed by atoms with Crippen LogP contribution in [0.2, 0.25) is 0 Å². The third-order valence-corrected chi connectivity index (χ3v) is 3.96. The molecule has 0 aliphatic carbocycles. The Balaban J connectivity index is 1.54. The fraction of sp³-hybridized carbons (Fsp3) is 0.600. The van der Waals surface area contributed by atoms with Gasteiger partial charge in [0.15, 0.2) is 11.8 Å². The minimum atomic E-state index is 0.273. The molecule has 2 aromatic heterocycles. The van der Waals surface area contributed by atoms with E-state index in [1.807, 2.05) is 24.1 Å². The lowest BCUT2D eigenvalue weighted by Gasteiger charge is -2.25. The monoisotopic (exact) mass is 332 g/mol. The zero-order valence-corrected chi connectivity index (χ0v) is 14.4. The number of aryl methyl sites for hydroxylation is 2. The van der Waals surface area contributed by atoms with Crippen LogP contribution >= 0.6 is 0 Å². The largest absolute Gasteiger partial charge is 0.377 e. The van der Waals surface area contributed by atoms with E-state index in [4.69, 9.17) is 4.74 Å². The van der Waals surface area contributed by atoms with Crippen LogP contribution in [0.3, 0.4) is 0 Å². The Bertz CT molecular complexity index is 704. The van der Waals surface area contributed by atoms with Crippen molar-refractivity contribution in [1.82, 2.24) is 35.2 Å². The van der Waals surface area contributed by atoms with Crippen molar-refractivity contribution in [2.24, 2.45) is 12.0 Å². The lowest BCUT2D eigenvalue weighted by atomic mass is 10.1. The van der Waals surface area contributed by atoms with Gasteiger partial charge in [-0.15, -0.1) is 0 Å². The number of guanidine groups is 1. The highest BCUT2D eigenvalue weighted by Gasteiger charge is 2.22. The summed E-state index contributed by atoms with van der Waals surface area (Å²) in [6.45, 7) is 1.92. The first-order valence-electron chi connectivity index (χ1n) is 8.04. The van der Waals surface area contributed by atoms with Crippen molar-refractivity contribution in [3.8, 4) is 0 Å². The zero-order chi connectivity index (χ0) is 16.9. The van der Waals surface area contributed by atoms with Crippen LogP contribution < -0.4 is 10.6 Å². The highest BCUT2D eigenvalue weighted by atomic mass is 16.5. The van der Waals surface area contributed by atoms with Crippen molar-refractivity contribution >= 4 is 5.96 Å². The molecule has 2 aromatic rings. The van der Waals surface area contributed by atoms with E-state index in [1.165, 1.54) is 0 Å². The highest BCUT2D eigenvalue weighted by molar-refractivity contribution is 5.79. The molecule has 3 rings (SSSR count). The summed E-state index contributed by atoms with van der Waals surface area (Å²) in [5.41, 5.74) is 1.12. The summed E-state index contributed by atoms with van der Waals surface area (Å²) in [5.74, 6) is 2.55. The Morgan fingerprint density at radius 3 is 3.08 bits per heavy atom. The number of aliphatic imine (C=N–C) groups is 1. The van der Waals surface area contributed by atoms with Gasteiger partial charge >= 0.3 is 0 Å². The second-order valence-corrected chi connectivity index (χ2v) is 5.89. The Hall–Kier alpha value is -2.42. The molecule has 1 atom stereocenters. The number of fused-ring (bicyclic) bond motifs is 1. The van der Waals surface area contributed by atoms with E-state index in [0.29, 0.717) is 13.2 Å². The normalized spacial score (nSPS) is 17.6. The molecule has 1 unspecified atom stereocenters. The molecule has 3 heterocycles. The first-order chi connectivity index (χ1) is 11.7. The molecule has 130 valence electrons. The second-order valence-electron chi connectivity index (χ2n) is 5.89. The van der Waals surface area contributed by atoms with Crippen molar-refractivity contribution in [3.63, 3.8) is 0 Å². The van der Waals surface area contributed by atoms with E-state index in [2.05, 4.69) is 30.8 Å². The Labute approximate surface area is 141 Å². The van der Waals surface area contributed by atoms with E-state index in [-0.39, 0.29) is 6.04 Å². The Morgan fingerprint density at radius 2 is 2.38 bits per heavy atom. The van der Waals surface area contributed by atoms with E-state index in [1.54, 1.807) is 18.8 Å². The second kappa shape index (κ2) is 7.43. The van der Waals surface area contributed by atoms with Crippen molar-refractivity contribution in [1.29, 1.82) is 0 Å². The topological polar surface area (TPSA) is 94.2 Å². The molecule has 0 saturated heterocycles. The number of rotatable bonds is 5. The number of hydrogen-bond acceptors (Lipinski definition) is 5. The fourth-order valence-corrected chi connectivity index (χ4v) is 2.81. The summed E-state index contributed by atoms with van der Waals surface area (Å²) in [6, 6.07) is 0.273. The quantitative estimate of drug-likeness (QED) is 0.584. The van der Waals surface area contributed by atoms with Crippen molar-refractivity contribution in [2.45, 2.75) is 38.6 Å². The first-order valence-corrected chi connectivity index (χ1v) is 8.04. The maximum atomic E-state index is 5.10. The molecule has 1 aliphatic heterocycles. The van der Waals surface area contributed by atoms with Gasteiger partial charge in [-0.3, -0.25) is 9.67 Å². The van der Waals surface area contributed by atoms with Crippen molar-refractivity contribution in [3.05, 3.63) is 29.6 Å². The summed E-state index contributed by atoms with van der Waals surface area (Å²) in [6.07, 6.45) is 5.73. The number of nitrogens with one attached hydrogen (secondary N) is 2. The summed E-state index contributed by atoms with van der Waals surface area (Å²) in [5, 5.41) is 15.4. The van der Waals surface area contributed by atoms with Crippen molar-refractivity contribution in [2.75, 3.05) is 14.2 Å². The van der Waals surface area contributed by atoms with Gasteiger partial charge in [-0.05, 0) is 6.42 Å². The fourth-order valence-electron chi connectivity index (χ4n) is 2.81. The smallest absolute Gasteiger partial charge is 0.191 e. The van der Waals surface area contributed by atoms with Gasteiger partial charge in [0, 0.05) is 52.0 Å². The van der Waals surface area contributed by atoms with Crippen LogP contribution in [0.5, 0.6) is 0 Å². The highest BCUT2D eigenvalue weighted by Crippen LogP contribution is 2.13. The van der Waals surface area contributed by atoms with Gasteiger partial charge in [0.25, 0.3) is 0 Å². The number of nitrogens with zero attached hydrogens (tertiary/aromatic N) is 6. The van der Waals surface area contributed by atoms with E-state index < -0.39 is 0 Å². The minimum Gasteiger partial charge on any atom is -0.377 e. The van der Waals surface area contributed by atoms with Crippen LogP contribution in [0.15, 0.2) is 17.4 Å². The molecule has 0 radical (unpaired) electrons. The third kappa shape index (κ3) is 3.91. The lowest BCUT2D eigenvalue weighted by molar-refractivity contribution is 0.177. The Morgan fingerprint density at radius 1 is 1.50 bits per heavy atom.